The predicted molar refractivity (Wildman–Crippen MR) is 129 cm³/mol. The molecule has 1 amide bonds. The van der Waals surface area contributed by atoms with Gasteiger partial charge in [0, 0.05) is 36.9 Å². The maximum atomic E-state index is 13.7. The van der Waals surface area contributed by atoms with Crippen LogP contribution in [-0.4, -0.2) is 10.8 Å². The first kappa shape index (κ1) is 23.6. The van der Waals surface area contributed by atoms with Crippen LogP contribution < -0.4 is 5.32 Å². The largest absolute Gasteiger partial charge is 0.466 e. The molecule has 1 aromatic heterocycles. The van der Waals surface area contributed by atoms with E-state index in [0.717, 1.165) is 39.7 Å². The van der Waals surface area contributed by atoms with E-state index >= 15 is 0 Å². The molecular formula is C28H27FN2O2. The van der Waals surface area contributed by atoms with Crippen LogP contribution in [0, 0.1) is 25.6 Å². The number of allylic oxidation sites excluding steroid dienone is 2. The molecule has 0 saturated carbocycles. The number of aryl methyl sites for hydroxylation is 2. The molecule has 3 aromatic rings. The number of carbonyl (C=O) groups excluding carboxylic acids is 1. The number of halogens is 1. The lowest BCUT2D eigenvalue weighted by Crippen LogP contribution is -2.33. The average Bonchev–Trinajstić information content (AvgIpc) is 3.26. The Balaban J connectivity index is 0.00000149. The molecule has 0 unspecified atom stereocenters. The number of benzene rings is 2. The Bertz CT molecular complexity index is 1190. The van der Waals surface area contributed by atoms with Gasteiger partial charge in [0.05, 0.1) is 5.70 Å². The molecule has 1 N–H and O–H groups in total. The van der Waals surface area contributed by atoms with E-state index in [1.54, 1.807) is 11.0 Å². The molecule has 2 aromatic carbocycles. The molecule has 5 heteroatoms. The zero-order valence-electron chi connectivity index (χ0n) is 18.8. The van der Waals surface area contributed by atoms with E-state index in [0.29, 0.717) is 19.3 Å². The second-order valence-corrected chi connectivity index (χ2v) is 7.68. The fourth-order valence-electron chi connectivity index (χ4n) is 3.67. The van der Waals surface area contributed by atoms with Crippen molar-refractivity contribution >= 4 is 11.6 Å². The van der Waals surface area contributed by atoms with Crippen molar-refractivity contribution in [3.8, 4) is 12.8 Å². The second kappa shape index (κ2) is 11.0. The second-order valence-electron chi connectivity index (χ2n) is 7.68. The third kappa shape index (κ3) is 6.02. The number of hydrogen-bond donors (Lipinski definition) is 1. The van der Waals surface area contributed by atoms with Crippen molar-refractivity contribution in [2.45, 2.75) is 33.1 Å². The predicted octanol–water partition coefficient (Wildman–Crippen LogP) is 5.81. The monoisotopic (exact) mass is 442 g/mol. The summed E-state index contributed by atoms with van der Waals surface area (Å²) in [6, 6.07) is 20.2. The van der Waals surface area contributed by atoms with E-state index in [9.17, 15) is 9.18 Å². The highest BCUT2D eigenvalue weighted by atomic mass is 19.1. The first-order valence-corrected chi connectivity index (χ1v) is 10.7. The lowest BCUT2D eigenvalue weighted by molar-refractivity contribution is -0.127. The van der Waals surface area contributed by atoms with Gasteiger partial charge in [0.25, 0.3) is 0 Å². The Morgan fingerprint density at radius 1 is 1.03 bits per heavy atom. The number of nitrogens with zero attached hydrogens (tertiary/aromatic N) is 1. The van der Waals surface area contributed by atoms with Gasteiger partial charge in [0.1, 0.15) is 17.3 Å². The van der Waals surface area contributed by atoms with Crippen LogP contribution in [0.25, 0.3) is 5.70 Å². The topological polar surface area (TPSA) is 45.5 Å². The van der Waals surface area contributed by atoms with Gasteiger partial charge in [-0.1, -0.05) is 42.5 Å². The van der Waals surface area contributed by atoms with Gasteiger partial charge < -0.3 is 9.73 Å². The van der Waals surface area contributed by atoms with E-state index in [1.165, 1.54) is 12.1 Å². The summed E-state index contributed by atoms with van der Waals surface area (Å²) in [6.07, 6.45) is 11.2. The smallest absolute Gasteiger partial charge is 0.231 e. The zero-order valence-corrected chi connectivity index (χ0v) is 18.8. The first-order chi connectivity index (χ1) is 16.0. The van der Waals surface area contributed by atoms with Gasteiger partial charge in [0.15, 0.2) is 0 Å². The molecule has 0 bridgehead atoms. The molecule has 0 atom stereocenters. The van der Waals surface area contributed by atoms with Gasteiger partial charge in [-0.25, -0.2) is 4.39 Å². The van der Waals surface area contributed by atoms with Gasteiger partial charge in [-0.05, 0) is 49.2 Å². The van der Waals surface area contributed by atoms with E-state index < -0.39 is 0 Å². The summed E-state index contributed by atoms with van der Waals surface area (Å²) in [7, 11) is 0. The van der Waals surface area contributed by atoms with Crippen LogP contribution in [0.1, 0.15) is 36.0 Å². The maximum absolute atomic E-state index is 13.7. The van der Waals surface area contributed by atoms with Crippen LogP contribution in [0.15, 0.2) is 88.7 Å². The van der Waals surface area contributed by atoms with Gasteiger partial charge in [0.2, 0.25) is 5.91 Å². The van der Waals surface area contributed by atoms with E-state index in [1.807, 2.05) is 68.6 Å². The van der Waals surface area contributed by atoms with Crippen LogP contribution in [0.5, 0.6) is 0 Å². The number of terminal acetylenes is 1. The normalized spacial score (nSPS) is 13.0. The van der Waals surface area contributed by atoms with Crippen LogP contribution in [0.3, 0.4) is 0 Å². The molecule has 4 rings (SSSR count). The number of rotatable bonds is 6. The highest BCUT2D eigenvalue weighted by molar-refractivity contribution is 5.83. The third-order valence-electron chi connectivity index (χ3n) is 5.35. The number of furan rings is 1. The standard InChI is InChI=1S/C26H25FN2O2.C2H2/c1-18-11-12-23(31-18)13-14-26(30)29-17-25(21-8-4-3-5-9-21)28-24(19(29)2)16-20-7-6-10-22(27)15-20;1-2/h3-12,15,17,28H,13-14,16H2,1-2H3;1-2H. The maximum Gasteiger partial charge on any atom is 0.231 e. The Labute approximate surface area is 194 Å². The quantitative estimate of drug-likeness (QED) is 0.490. The summed E-state index contributed by atoms with van der Waals surface area (Å²) in [4.78, 5) is 14.8. The molecular weight excluding hydrogens is 415 g/mol. The van der Waals surface area contributed by atoms with Gasteiger partial charge in [-0.2, -0.15) is 0 Å². The molecule has 0 saturated heterocycles. The molecule has 2 heterocycles. The molecule has 0 spiro atoms. The fourth-order valence-corrected chi connectivity index (χ4v) is 3.67. The summed E-state index contributed by atoms with van der Waals surface area (Å²) in [5.74, 6) is 1.35. The van der Waals surface area contributed by atoms with E-state index in [-0.39, 0.29) is 11.7 Å². The molecule has 0 fully saturated rings. The third-order valence-corrected chi connectivity index (χ3v) is 5.35. The SMILES string of the molecule is C#C.CC1=C(Cc2cccc(F)c2)NC(c2ccccc2)=CN1C(=O)CCc1ccc(C)o1. The summed E-state index contributed by atoms with van der Waals surface area (Å²) in [5.41, 5.74) is 4.33. The molecule has 4 nitrogen and oxygen atoms in total. The van der Waals surface area contributed by atoms with Crippen molar-refractivity contribution in [3.05, 3.63) is 113 Å². The lowest BCUT2D eigenvalue weighted by Gasteiger charge is -2.30. The van der Waals surface area contributed by atoms with Crippen molar-refractivity contribution in [3.63, 3.8) is 0 Å². The summed E-state index contributed by atoms with van der Waals surface area (Å²) >= 11 is 0. The van der Waals surface area contributed by atoms with Gasteiger partial charge in [-0.15, -0.1) is 12.8 Å². The van der Waals surface area contributed by atoms with E-state index in [4.69, 9.17) is 4.42 Å². The Morgan fingerprint density at radius 2 is 1.79 bits per heavy atom. The van der Waals surface area contributed by atoms with Crippen molar-refractivity contribution in [1.29, 1.82) is 0 Å². The van der Waals surface area contributed by atoms with Crippen LogP contribution in [0.2, 0.25) is 0 Å². The Morgan fingerprint density at radius 3 is 2.45 bits per heavy atom. The molecule has 0 aliphatic carbocycles. The summed E-state index contributed by atoms with van der Waals surface area (Å²) in [5, 5.41) is 3.46. The molecule has 0 radical (unpaired) electrons. The number of hydrogen-bond acceptors (Lipinski definition) is 3. The van der Waals surface area contributed by atoms with Crippen LogP contribution in [-0.2, 0) is 17.6 Å². The van der Waals surface area contributed by atoms with Gasteiger partial charge >= 0.3 is 0 Å². The average molecular weight is 443 g/mol. The van der Waals surface area contributed by atoms with Crippen molar-refractivity contribution < 1.29 is 13.6 Å². The number of amides is 1. The van der Waals surface area contributed by atoms with Crippen molar-refractivity contribution in [2.24, 2.45) is 0 Å². The minimum atomic E-state index is -0.271. The molecule has 168 valence electrons. The highest BCUT2D eigenvalue weighted by Gasteiger charge is 2.23. The van der Waals surface area contributed by atoms with Gasteiger partial charge in [-0.3, -0.25) is 9.69 Å². The first-order valence-electron chi connectivity index (χ1n) is 10.7. The van der Waals surface area contributed by atoms with Crippen LogP contribution in [0.4, 0.5) is 4.39 Å². The minimum absolute atomic E-state index is 0.0155. The summed E-state index contributed by atoms with van der Waals surface area (Å²) in [6.45, 7) is 3.80. The van der Waals surface area contributed by atoms with Crippen LogP contribution >= 0.6 is 0 Å². The zero-order chi connectivity index (χ0) is 23.8. The Hall–Kier alpha value is -4.04. The molecule has 1 aliphatic rings. The summed E-state index contributed by atoms with van der Waals surface area (Å²) < 4.78 is 19.3. The van der Waals surface area contributed by atoms with Crippen molar-refractivity contribution in [2.75, 3.05) is 0 Å². The Kier molecular flexibility index (Phi) is 7.88. The molecule has 33 heavy (non-hydrogen) atoms. The fraction of sp³-hybridized carbons (Fsp3) is 0.179. The lowest BCUT2D eigenvalue weighted by atomic mass is 10.0. The number of nitrogens with one attached hydrogen (secondary N) is 1. The minimum Gasteiger partial charge on any atom is -0.466 e. The molecule has 1 aliphatic heterocycles. The number of carbonyl (C=O) groups is 1. The highest BCUT2D eigenvalue weighted by Crippen LogP contribution is 2.26. The van der Waals surface area contributed by atoms with Crippen molar-refractivity contribution in [1.82, 2.24) is 10.2 Å². The van der Waals surface area contributed by atoms with E-state index in [2.05, 4.69) is 18.2 Å².